The van der Waals surface area contributed by atoms with Crippen LogP contribution in [-0.4, -0.2) is 59.7 Å². The third-order valence-electron chi connectivity index (χ3n) is 6.75. The van der Waals surface area contributed by atoms with Crippen molar-refractivity contribution in [1.82, 2.24) is 10.2 Å². The van der Waals surface area contributed by atoms with Gasteiger partial charge in [-0.25, -0.2) is 9.59 Å². The van der Waals surface area contributed by atoms with Gasteiger partial charge in [0.1, 0.15) is 22.6 Å². The van der Waals surface area contributed by atoms with E-state index in [4.69, 9.17) is 14.2 Å². The van der Waals surface area contributed by atoms with Gasteiger partial charge in [-0.15, -0.1) is 0 Å². The molecule has 1 unspecified atom stereocenters. The van der Waals surface area contributed by atoms with Crippen molar-refractivity contribution in [2.45, 2.75) is 65.6 Å². The number of ether oxygens (including phenoxy) is 3. The van der Waals surface area contributed by atoms with Crippen LogP contribution >= 0.6 is 0 Å². The molecule has 0 radical (unpaired) electrons. The highest BCUT2D eigenvalue weighted by molar-refractivity contribution is 6.00. The molecule has 0 aromatic heterocycles. The summed E-state index contributed by atoms with van der Waals surface area (Å²) in [5.41, 5.74) is 1.60. The molecule has 1 aliphatic rings. The van der Waals surface area contributed by atoms with Crippen LogP contribution in [-0.2, 0) is 16.1 Å². The van der Waals surface area contributed by atoms with Crippen molar-refractivity contribution < 1.29 is 33.7 Å². The molecular weight excluding hydrogens is 488 g/mol. The monoisotopic (exact) mass is 526 g/mol. The number of aliphatic carboxylic acids is 1. The molecule has 206 valence electrons. The van der Waals surface area contributed by atoms with E-state index in [-0.39, 0.29) is 18.9 Å². The van der Waals surface area contributed by atoms with E-state index in [0.29, 0.717) is 49.7 Å². The van der Waals surface area contributed by atoms with Gasteiger partial charge in [0.05, 0.1) is 32.5 Å². The zero-order chi connectivity index (χ0) is 27.9. The van der Waals surface area contributed by atoms with E-state index in [2.05, 4.69) is 5.32 Å². The minimum absolute atomic E-state index is 0.180. The Morgan fingerprint density at radius 2 is 1.76 bits per heavy atom. The van der Waals surface area contributed by atoms with E-state index in [9.17, 15) is 19.5 Å². The Morgan fingerprint density at radius 1 is 1.11 bits per heavy atom. The molecule has 1 fully saturated rings. The predicted octanol–water partition coefficient (Wildman–Crippen LogP) is 4.90. The summed E-state index contributed by atoms with van der Waals surface area (Å²) >= 11 is 0. The molecule has 2 N–H and O–H groups in total. The van der Waals surface area contributed by atoms with Gasteiger partial charge in [0.2, 0.25) is 0 Å². The van der Waals surface area contributed by atoms with E-state index < -0.39 is 23.6 Å². The van der Waals surface area contributed by atoms with Crippen molar-refractivity contribution in [1.29, 1.82) is 0 Å². The number of benzene rings is 2. The summed E-state index contributed by atoms with van der Waals surface area (Å²) < 4.78 is 17.6. The van der Waals surface area contributed by atoms with Crippen LogP contribution in [0.3, 0.4) is 0 Å². The number of Topliss-reactive ketones (excluding diaryl/α,β-unsaturated/α-hetero) is 1. The quantitative estimate of drug-likeness (QED) is 0.266. The molecule has 2 amide bonds. The summed E-state index contributed by atoms with van der Waals surface area (Å²) in [5.74, 6) is -0.406. The molecular formula is C29H38N2O7. The number of carbonyl (C=O) groups excluding carboxylic acids is 2. The highest BCUT2D eigenvalue weighted by Gasteiger charge is 2.52. The van der Waals surface area contributed by atoms with Crippen LogP contribution in [0.1, 0.15) is 73.6 Å². The van der Waals surface area contributed by atoms with E-state index in [0.717, 1.165) is 16.7 Å². The molecule has 0 saturated heterocycles. The standard InChI is InChI=1S/C29H38N2O7/c1-6-37-24-17-23(19(3)26(38-7-2)25(24)21(5)32)20(4)31(28(35)30-29(13-14-29)27(33)34)15-16-36-18-22-11-9-8-10-12-22/h8-12,17,20H,6-7,13-16,18H2,1-5H3,(H,30,35)(H,33,34). The molecule has 0 aliphatic heterocycles. The van der Waals surface area contributed by atoms with Gasteiger partial charge in [0.25, 0.3) is 0 Å². The molecule has 1 atom stereocenters. The van der Waals surface area contributed by atoms with E-state index in [1.165, 1.54) is 6.92 Å². The van der Waals surface area contributed by atoms with Gasteiger partial charge in [-0.2, -0.15) is 0 Å². The second kappa shape index (κ2) is 12.8. The summed E-state index contributed by atoms with van der Waals surface area (Å²) in [6.45, 7) is 10.4. The Balaban J connectivity index is 1.93. The van der Waals surface area contributed by atoms with Crippen LogP contribution in [0.2, 0.25) is 0 Å². The normalized spacial score (nSPS) is 14.3. The number of carboxylic acids is 1. The smallest absolute Gasteiger partial charge is 0.329 e. The lowest BCUT2D eigenvalue weighted by Crippen LogP contribution is -2.51. The Labute approximate surface area is 224 Å². The molecule has 2 aromatic carbocycles. The highest BCUT2D eigenvalue weighted by Crippen LogP contribution is 2.40. The van der Waals surface area contributed by atoms with E-state index >= 15 is 0 Å². The fraction of sp³-hybridized carbons (Fsp3) is 0.483. The zero-order valence-corrected chi connectivity index (χ0v) is 22.8. The minimum atomic E-state index is -1.24. The van der Waals surface area contributed by atoms with Crippen molar-refractivity contribution >= 4 is 17.8 Å². The van der Waals surface area contributed by atoms with Gasteiger partial charge in [0, 0.05) is 6.54 Å². The van der Waals surface area contributed by atoms with Crippen LogP contribution < -0.4 is 14.8 Å². The maximum atomic E-state index is 13.5. The summed E-state index contributed by atoms with van der Waals surface area (Å²) in [5, 5.41) is 12.3. The van der Waals surface area contributed by atoms with Crippen molar-refractivity contribution in [2.24, 2.45) is 0 Å². The van der Waals surface area contributed by atoms with Crippen molar-refractivity contribution in [3.63, 3.8) is 0 Å². The summed E-state index contributed by atoms with van der Waals surface area (Å²) in [6, 6.07) is 10.5. The minimum Gasteiger partial charge on any atom is -0.493 e. The maximum absolute atomic E-state index is 13.5. The Kier molecular flexibility index (Phi) is 9.74. The third-order valence-corrected chi connectivity index (χ3v) is 6.75. The lowest BCUT2D eigenvalue weighted by molar-refractivity contribution is -0.140. The Bertz CT molecular complexity index is 1150. The second-order valence-corrected chi connectivity index (χ2v) is 9.44. The molecule has 9 nitrogen and oxygen atoms in total. The van der Waals surface area contributed by atoms with E-state index in [1.54, 1.807) is 11.0 Å². The predicted molar refractivity (Wildman–Crippen MR) is 143 cm³/mol. The molecule has 3 rings (SSSR count). The maximum Gasteiger partial charge on any atom is 0.329 e. The fourth-order valence-corrected chi connectivity index (χ4v) is 4.47. The molecule has 0 spiro atoms. The second-order valence-electron chi connectivity index (χ2n) is 9.44. The van der Waals surface area contributed by atoms with Crippen molar-refractivity contribution in [2.75, 3.05) is 26.4 Å². The number of amides is 2. The van der Waals surface area contributed by atoms with Crippen LogP contribution in [0.5, 0.6) is 11.5 Å². The lowest BCUT2D eigenvalue weighted by atomic mass is 9.95. The summed E-state index contributed by atoms with van der Waals surface area (Å²) in [4.78, 5) is 39.3. The number of urea groups is 1. The lowest BCUT2D eigenvalue weighted by Gasteiger charge is -2.33. The fourth-order valence-electron chi connectivity index (χ4n) is 4.47. The average Bonchev–Trinajstić information content (AvgIpc) is 3.67. The molecule has 1 saturated carbocycles. The third kappa shape index (κ3) is 6.64. The SMILES string of the molecule is CCOc1cc(C(C)N(CCOCc2ccccc2)C(=O)NC2(C(=O)O)CC2)c(C)c(OCC)c1C(C)=O. The first-order valence-electron chi connectivity index (χ1n) is 13.0. The number of carbonyl (C=O) groups is 3. The molecule has 0 heterocycles. The first kappa shape index (κ1) is 29.0. The number of carboxylic acid groups (broad SMARTS) is 1. The van der Waals surface area contributed by atoms with Gasteiger partial charge in [-0.05, 0) is 70.2 Å². The van der Waals surface area contributed by atoms with Gasteiger partial charge in [-0.1, -0.05) is 30.3 Å². The number of hydrogen-bond acceptors (Lipinski definition) is 6. The van der Waals surface area contributed by atoms with Gasteiger partial charge in [-0.3, -0.25) is 4.79 Å². The first-order chi connectivity index (χ1) is 18.1. The topological polar surface area (TPSA) is 114 Å². The number of nitrogens with zero attached hydrogens (tertiary/aromatic N) is 1. The molecule has 38 heavy (non-hydrogen) atoms. The van der Waals surface area contributed by atoms with Crippen LogP contribution in [0.15, 0.2) is 36.4 Å². The van der Waals surface area contributed by atoms with Crippen LogP contribution in [0, 0.1) is 6.92 Å². The summed E-state index contributed by atoms with van der Waals surface area (Å²) in [6.07, 6.45) is 0.770. The summed E-state index contributed by atoms with van der Waals surface area (Å²) in [7, 11) is 0. The number of nitrogens with one attached hydrogen (secondary N) is 1. The first-order valence-corrected chi connectivity index (χ1v) is 13.0. The Morgan fingerprint density at radius 3 is 2.32 bits per heavy atom. The van der Waals surface area contributed by atoms with Gasteiger partial charge in [0.15, 0.2) is 5.78 Å². The average molecular weight is 527 g/mol. The van der Waals surface area contributed by atoms with E-state index in [1.807, 2.05) is 58.0 Å². The zero-order valence-electron chi connectivity index (χ0n) is 22.8. The Hall–Kier alpha value is -3.59. The molecule has 9 heteroatoms. The number of ketones is 1. The van der Waals surface area contributed by atoms with Crippen molar-refractivity contribution in [3.8, 4) is 11.5 Å². The molecule has 0 bridgehead atoms. The number of rotatable bonds is 14. The van der Waals surface area contributed by atoms with Gasteiger partial charge < -0.3 is 29.5 Å². The molecule has 2 aromatic rings. The van der Waals surface area contributed by atoms with Crippen molar-refractivity contribution in [3.05, 3.63) is 58.7 Å². The van der Waals surface area contributed by atoms with Crippen LogP contribution in [0.25, 0.3) is 0 Å². The molecule has 1 aliphatic carbocycles. The highest BCUT2D eigenvalue weighted by atomic mass is 16.5. The van der Waals surface area contributed by atoms with Gasteiger partial charge >= 0.3 is 12.0 Å². The number of hydrogen-bond donors (Lipinski definition) is 2. The largest absolute Gasteiger partial charge is 0.493 e. The van der Waals surface area contributed by atoms with Crippen LogP contribution in [0.4, 0.5) is 4.79 Å².